The topological polar surface area (TPSA) is 78.7 Å². The molecule has 1 aliphatic rings. The van der Waals surface area contributed by atoms with E-state index in [2.05, 4.69) is 5.16 Å². The van der Waals surface area contributed by atoms with Gasteiger partial charge in [-0.25, -0.2) is 0 Å². The third kappa shape index (κ3) is 4.00. The quantitative estimate of drug-likeness (QED) is 0.390. The van der Waals surface area contributed by atoms with E-state index in [4.69, 9.17) is 23.1 Å². The standard InChI is InChI=1S/C22H25NO6S/c1-25-18-9-6-13(10-19(18)29-30-5)16-11-14(23-24)7-8-15-17(16)12-20(26-2)22(28-4)21(15)27-3/h6,9-12,24H,7-8H2,1-5H3/b23-14+. The molecule has 2 aromatic rings. The molecular formula is C22H25NO6S. The zero-order valence-corrected chi connectivity index (χ0v) is 18.5. The summed E-state index contributed by atoms with van der Waals surface area (Å²) in [5.74, 6) is 2.92. The molecule has 0 spiro atoms. The molecule has 0 unspecified atom stereocenters. The average Bonchev–Trinajstić information content (AvgIpc) is 2.97. The highest BCUT2D eigenvalue weighted by Gasteiger charge is 2.26. The minimum absolute atomic E-state index is 0.531. The Bertz CT molecular complexity index is 986. The van der Waals surface area contributed by atoms with E-state index in [0.717, 1.165) is 22.3 Å². The molecule has 8 heteroatoms. The fraction of sp³-hybridized carbons (Fsp3) is 0.318. The molecule has 0 radical (unpaired) electrons. The van der Waals surface area contributed by atoms with Crippen LogP contribution in [0.5, 0.6) is 28.7 Å². The smallest absolute Gasteiger partial charge is 0.203 e. The molecule has 1 aliphatic carbocycles. The van der Waals surface area contributed by atoms with Gasteiger partial charge in [0.1, 0.15) is 0 Å². The molecule has 30 heavy (non-hydrogen) atoms. The van der Waals surface area contributed by atoms with E-state index in [9.17, 15) is 5.21 Å². The van der Waals surface area contributed by atoms with Crippen molar-refractivity contribution < 1.29 is 28.3 Å². The number of benzene rings is 2. The summed E-state index contributed by atoms with van der Waals surface area (Å²) in [6, 6.07) is 7.60. The highest BCUT2D eigenvalue weighted by Crippen LogP contribution is 2.47. The average molecular weight is 432 g/mol. The number of methoxy groups -OCH3 is 4. The molecule has 0 saturated carbocycles. The maximum Gasteiger partial charge on any atom is 0.203 e. The van der Waals surface area contributed by atoms with Gasteiger partial charge in [0, 0.05) is 11.8 Å². The third-order valence-corrected chi connectivity index (χ3v) is 5.29. The third-order valence-electron chi connectivity index (χ3n) is 4.94. The SMILES string of the molecule is COc1ccc(C2=C/C(=N/O)CCc3c2cc(OC)c(OC)c3OC)cc1OSC. The van der Waals surface area contributed by atoms with Crippen LogP contribution in [0.15, 0.2) is 35.5 Å². The van der Waals surface area contributed by atoms with Crippen molar-refractivity contribution in [1.82, 2.24) is 0 Å². The fourth-order valence-electron chi connectivity index (χ4n) is 3.59. The maximum atomic E-state index is 9.52. The minimum atomic E-state index is 0.531. The fourth-order valence-corrected chi connectivity index (χ4v) is 3.90. The highest BCUT2D eigenvalue weighted by molar-refractivity contribution is 7.94. The summed E-state index contributed by atoms with van der Waals surface area (Å²) < 4.78 is 27.9. The van der Waals surface area contributed by atoms with Crippen molar-refractivity contribution in [2.45, 2.75) is 12.8 Å². The zero-order chi connectivity index (χ0) is 21.7. The van der Waals surface area contributed by atoms with Gasteiger partial charge in [-0.3, -0.25) is 0 Å². The van der Waals surface area contributed by atoms with E-state index in [1.807, 2.05) is 36.6 Å². The van der Waals surface area contributed by atoms with Gasteiger partial charge in [-0.1, -0.05) is 11.2 Å². The first-order chi connectivity index (χ1) is 14.6. The Kier molecular flexibility index (Phi) is 6.99. The Morgan fingerprint density at radius 2 is 1.60 bits per heavy atom. The molecule has 0 fully saturated rings. The van der Waals surface area contributed by atoms with Crippen molar-refractivity contribution in [3.63, 3.8) is 0 Å². The monoisotopic (exact) mass is 431 g/mol. The van der Waals surface area contributed by atoms with Crippen molar-refractivity contribution >= 4 is 23.3 Å². The second-order valence-electron chi connectivity index (χ2n) is 6.44. The molecule has 0 aliphatic heterocycles. The molecule has 0 aromatic heterocycles. The second-order valence-corrected chi connectivity index (χ2v) is 6.94. The van der Waals surface area contributed by atoms with Crippen LogP contribution >= 0.6 is 12.0 Å². The Morgan fingerprint density at radius 3 is 2.20 bits per heavy atom. The number of hydrogen-bond donors (Lipinski definition) is 1. The van der Waals surface area contributed by atoms with Crippen molar-refractivity contribution in [3.8, 4) is 28.7 Å². The van der Waals surface area contributed by atoms with Crippen LogP contribution in [0, 0.1) is 0 Å². The Morgan fingerprint density at radius 1 is 0.867 bits per heavy atom. The summed E-state index contributed by atoms with van der Waals surface area (Å²) >= 11 is 1.23. The Labute approximate surface area is 180 Å². The number of ether oxygens (including phenoxy) is 4. The number of fused-ring (bicyclic) bond motifs is 1. The van der Waals surface area contributed by atoms with Crippen molar-refractivity contribution in [2.24, 2.45) is 5.16 Å². The van der Waals surface area contributed by atoms with Crippen LogP contribution in [0.25, 0.3) is 5.57 Å². The number of allylic oxidation sites excluding steroid dienone is 1. The van der Waals surface area contributed by atoms with Crippen LogP contribution in [0.2, 0.25) is 0 Å². The van der Waals surface area contributed by atoms with Crippen LogP contribution < -0.4 is 23.1 Å². The lowest BCUT2D eigenvalue weighted by Gasteiger charge is -2.20. The Hall–Kier alpha value is -3.00. The predicted octanol–water partition coefficient (Wildman–Crippen LogP) is 4.59. The largest absolute Gasteiger partial charge is 0.493 e. The van der Waals surface area contributed by atoms with Crippen LogP contribution in [-0.4, -0.2) is 45.6 Å². The van der Waals surface area contributed by atoms with Gasteiger partial charge in [0.15, 0.2) is 23.0 Å². The Balaban J connectivity index is 2.29. The lowest BCUT2D eigenvalue weighted by Crippen LogP contribution is -2.03. The lowest BCUT2D eigenvalue weighted by molar-refractivity contribution is 0.317. The molecule has 0 heterocycles. The van der Waals surface area contributed by atoms with Crippen LogP contribution in [-0.2, 0) is 6.42 Å². The molecule has 0 bridgehead atoms. The van der Waals surface area contributed by atoms with Gasteiger partial charge in [0.2, 0.25) is 5.75 Å². The molecule has 1 N–H and O–H groups in total. The molecule has 7 nitrogen and oxygen atoms in total. The van der Waals surface area contributed by atoms with Crippen LogP contribution in [0.4, 0.5) is 0 Å². The normalized spacial score (nSPS) is 14.4. The first-order valence-corrected chi connectivity index (χ1v) is 10.4. The van der Waals surface area contributed by atoms with Gasteiger partial charge < -0.3 is 28.3 Å². The molecular weight excluding hydrogens is 406 g/mol. The maximum absolute atomic E-state index is 9.52. The van der Waals surface area contributed by atoms with Gasteiger partial charge in [0.05, 0.1) is 46.2 Å². The minimum Gasteiger partial charge on any atom is -0.493 e. The van der Waals surface area contributed by atoms with Gasteiger partial charge in [-0.05, 0) is 53.8 Å². The number of rotatable bonds is 7. The van der Waals surface area contributed by atoms with Gasteiger partial charge in [-0.2, -0.15) is 0 Å². The molecule has 0 atom stereocenters. The van der Waals surface area contributed by atoms with Crippen molar-refractivity contribution in [3.05, 3.63) is 47.0 Å². The first-order valence-electron chi connectivity index (χ1n) is 9.25. The van der Waals surface area contributed by atoms with Gasteiger partial charge >= 0.3 is 0 Å². The van der Waals surface area contributed by atoms with Crippen molar-refractivity contribution in [1.29, 1.82) is 0 Å². The highest BCUT2D eigenvalue weighted by atomic mass is 32.2. The lowest BCUT2D eigenvalue weighted by atomic mass is 9.92. The van der Waals surface area contributed by atoms with E-state index >= 15 is 0 Å². The molecule has 0 amide bonds. The summed E-state index contributed by atoms with van der Waals surface area (Å²) in [4.78, 5) is 0. The van der Waals surface area contributed by atoms with Crippen molar-refractivity contribution in [2.75, 3.05) is 34.7 Å². The predicted molar refractivity (Wildman–Crippen MR) is 118 cm³/mol. The number of oxime groups is 1. The number of hydrogen-bond acceptors (Lipinski definition) is 8. The second kappa shape index (κ2) is 9.67. The molecule has 3 rings (SSSR count). The zero-order valence-electron chi connectivity index (χ0n) is 17.6. The van der Waals surface area contributed by atoms with Gasteiger partial charge in [-0.15, -0.1) is 0 Å². The summed E-state index contributed by atoms with van der Waals surface area (Å²) in [6.45, 7) is 0. The van der Waals surface area contributed by atoms with E-state index in [1.54, 1.807) is 28.4 Å². The number of nitrogens with zero attached hydrogens (tertiary/aromatic N) is 1. The summed E-state index contributed by atoms with van der Waals surface area (Å²) in [6.07, 6.45) is 4.86. The summed E-state index contributed by atoms with van der Waals surface area (Å²) in [7, 11) is 6.37. The molecule has 2 aromatic carbocycles. The van der Waals surface area contributed by atoms with E-state index in [1.165, 1.54) is 12.0 Å². The van der Waals surface area contributed by atoms with E-state index in [0.29, 0.717) is 47.3 Å². The van der Waals surface area contributed by atoms with Crippen LogP contribution in [0.1, 0.15) is 23.1 Å². The molecule has 160 valence electrons. The first kappa shape index (κ1) is 21.7. The summed E-state index contributed by atoms with van der Waals surface area (Å²) in [5.41, 5.74) is 4.14. The van der Waals surface area contributed by atoms with Gasteiger partial charge in [0.25, 0.3) is 0 Å². The van der Waals surface area contributed by atoms with Crippen LogP contribution in [0.3, 0.4) is 0 Å². The van der Waals surface area contributed by atoms with E-state index < -0.39 is 0 Å². The molecule has 0 saturated heterocycles. The summed E-state index contributed by atoms with van der Waals surface area (Å²) in [5, 5.41) is 13.0. The van der Waals surface area contributed by atoms with E-state index in [-0.39, 0.29) is 0 Å².